The maximum Gasteiger partial charge on any atom is 0.364 e. The Hall–Kier alpha value is -2.75. The van der Waals surface area contributed by atoms with Crippen molar-refractivity contribution in [1.82, 2.24) is 4.40 Å². The van der Waals surface area contributed by atoms with Gasteiger partial charge in [0.1, 0.15) is 5.75 Å². The molecule has 0 aliphatic heterocycles. The summed E-state index contributed by atoms with van der Waals surface area (Å²) in [5.41, 5.74) is 1.26. The second-order valence-electron chi connectivity index (χ2n) is 4.26. The first-order valence-electron chi connectivity index (χ1n) is 6.21. The molecule has 3 aromatic rings. The lowest BCUT2D eigenvalue weighted by molar-refractivity contribution is 0.0724. The molecule has 4 nitrogen and oxygen atoms in total. The van der Waals surface area contributed by atoms with Gasteiger partial charge in [-0.3, -0.25) is 0 Å². The molecule has 0 saturated carbocycles. The van der Waals surface area contributed by atoms with Crippen molar-refractivity contribution in [3.63, 3.8) is 0 Å². The molecule has 0 N–H and O–H groups in total. The summed E-state index contributed by atoms with van der Waals surface area (Å²) in [5.74, 6) is 0.557. The highest BCUT2D eigenvalue weighted by molar-refractivity contribution is 5.94. The second-order valence-corrected chi connectivity index (χ2v) is 4.26. The summed E-state index contributed by atoms with van der Waals surface area (Å²) >= 11 is 0. The molecule has 0 aliphatic rings. The van der Waals surface area contributed by atoms with Gasteiger partial charge in [-0.2, -0.15) is 0 Å². The predicted molar refractivity (Wildman–Crippen MR) is 75.3 cm³/mol. The molecule has 0 bridgehead atoms. The Morgan fingerprint density at radius 3 is 2.55 bits per heavy atom. The van der Waals surface area contributed by atoms with Crippen LogP contribution in [0.4, 0.5) is 0 Å². The fourth-order valence-corrected chi connectivity index (χ4v) is 2.10. The highest BCUT2D eigenvalue weighted by Crippen LogP contribution is 2.25. The molecule has 0 amide bonds. The zero-order valence-electron chi connectivity index (χ0n) is 10.9. The van der Waals surface area contributed by atoms with Gasteiger partial charge in [0.25, 0.3) is 0 Å². The maximum absolute atomic E-state index is 12.3. The number of hydrogen-bond acceptors (Lipinski definition) is 3. The average Bonchev–Trinajstić information content (AvgIpc) is 2.86. The van der Waals surface area contributed by atoms with Crippen LogP contribution in [-0.2, 0) is 0 Å². The third-order valence-corrected chi connectivity index (χ3v) is 3.01. The van der Waals surface area contributed by atoms with Gasteiger partial charge in [0, 0.05) is 17.8 Å². The number of carbonyl (C=O) groups excluding carboxylic acids is 1. The van der Waals surface area contributed by atoms with Gasteiger partial charge in [-0.05, 0) is 24.3 Å². The summed E-state index contributed by atoms with van der Waals surface area (Å²) < 4.78 is 12.4. The van der Waals surface area contributed by atoms with E-state index in [4.69, 9.17) is 9.47 Å². The van der Waals surface area contributed by atoms with Crippen molar-refractivity contribution in [1.29, 1.82) is 0 Å². The van der Waals surface area contributed by atoms with E-state index in [1.165, 1.54) is 7.11 Å². The number of aromatic nitrogens is 1. The molecule has 1 aromatic carbocycles. The van der Waals surface area contributed by atoms with Crippen molar-refractivity contribution >= 4 is 11.5 Å². The topological polar surface area (TPSA) is 39.9 Å². The van der Waals surface area contributed by atoms with E-state index in [-0.39, 0.29) is 0 Å². The fraction of sp³-hybridized carbons (Fsp3) is 0.0625. The normalized spacial score (nSPS) is 10.4. The standard InChI is InChI=1S/C16H13NO3/c1-19-14-11-12-7-5-6-10-17(12)15(14)16(18)20-13-8-3-2-4-9-13/h2-11H,1H3. The van der Waals surface area contributed by atoms with Gasteiger partial charge < -0.3 is 13.9 Å². The zero-order valence-corrected chi connectivity index (χ0v) is 10.9. The molecule has 2 heterocycles. The van der Waals surface area contributed by atoms with Gasteiger partial charge in [0.15, 0.2) is 11.4 Å². The number of fused-ring (bicyclic) bond motifs is 1. The number of ether oxygens (including phenoxy) is 2. The minimum Gasteiger partial charge on any atom is -0.494 e. The van der Waals surface area contributed by atoms with Gasteiger partial charge in [-0.15, -0.1) is 0 Å². The van der Waals surface area contributed by atoms with Gasteiger partial charge >= 0.3 is 5.97 Å². The lowest BCUT2D eigenvalue weighted by atomic mass is 10.3. The number of carbonyl (C=O) groups is 1. The Labute approximate surface area is 116 Å². The smallest absolute Gasteiger partial charge is 0.364 e. The monoisotopic (exact) mass is 267 g/mol. The first-order chi connectivity index (χ1) is 9.79. The molecule has 0 aliphatic carbocycles. The highest BCUT2D eigenvalue weighted by atomic mass is 16.5. The van der Waals surface area contributed by atoms with Gasteiger partial charge in [0.2, 0.25) is 0 Å². The number of para-hydroxylation sites is 1. The van der Waals surface area contributed by atoms with E-state index in [9.17, 15) is 4.79 Å². The summed E-state index contributed by atoms with van der Waals surface area (Å²) in [6.07, 6.45) is 1.80. The molecule has 2 aromatic heterocycles. The minimum absolute atomic E-state index is 0.381. The van der Waals surface area contributed by atoms with E-state index >= 15 is 0 Å². The van der Waals surface area contributed by atoms with Crippen LogP contribution < -0.4 is 9.47 Å². The summed E-state index contributed by atoms with van der Waals surface area (Å²) in [6, 6.07) is 16.4. The lowest BCUT2D eigenvalue weighted by Gasteiger charge is -2.06. The average molecular weight is 267 g/mol. The number of pyridine rings is 1. The lowest BCUT2D eigenvalue weighted by Crippen LogP contribution is -2.12. The van der Waals surface area contributed by atoms with E-state index in [1.54, 1.807) is 22.7 Å². The molecule has 0 spiro atoms. The summed E-state index contributed by atoms with van der Waals surface area (Å²) in [6.45, 7) is 0. The second kappa shape index (κ2) is 5.09. The molecule has 0 atom stereocenters. The van der Waals surface area contributed by atoms with Crippen LogP contribution in [0.3, 0.4) is 0 Å². The number of methoxy groups -OCH3 is 1. The third kappa shape index (κ3) is 2.12. The SMILES string of the molecule is COc1cc2ccccn2c1C(=O)Oc1ccccc1. The van der Waals surface area contributed by atoms with Crippen molar-refractivity contribution in [2.24, 2.45) is 0 Å². The Balaban J connectivity index is 2.02. The van der Waals surface area contributed by atoms with Crippen molar-refractivity contribution in [3.05, 3.63) is 66.5 Å². The maximum atomic E-state index is 12.3. The Morgan fingerprint density at radius 1 is 1.05 bits per heavy atom. The molecular weight excluding hydrogens is 254 g/mol. The number of esters is 1. The highest BCUT2D eigenvalue weighted by Gasteiger charge is 2.20. The first kappa shape index (κ1) is 12.3. The molecule has 4 heteroatoms. The van der Waals surface area contributed by atoms with Crippen LogP contribution in [0, 0.1) is 0 Å². The molecular formula is C16H13NO3. The van der Waals surface area contributed by atoms with Crippen molar-refractivity contribution in [2.45, 2.75) is 0 Å². The van der Waals surface area contributed by atoms with Crippen LogP contribution in [0.15, 0.2) is 60.8 Å². The summed E-state index contributed by atoms with van der Waals surface area (Å²) in [7, 11) is 1.54. The molecule has 0 radical (unpaired) electrons. The van der Waals surface area contributed by atoms with E-state index in [0.717, 1.165) is 5.52 Å². The first-order valence-corrected chi connectivity index (χ1v) is 6.21. The van der Waals surface area contributed by atoms with Gasteiger partial charge in [-0.1, -0.05) is 24.3 Å². The third-order valence-electron chi connectivity index (χ3n) is 3.01. The number of rotatable bonds is 3. The van der Waals surface area contributed by atoms with Crippen LogP contribution in [0.25, 0.3) is 5.52 Å². The molecule has 0 saturated heterocycles. The van der Waals surface area contributed by atoms with Gasteiger partial charge in [0.05, 0.1) is 7.11 Å². The quantitative estimate of drug-likeness (QED) is 0.540. The number of nitrogens with zero attached hydrogens (tertiary/aromatic N) is 1. The van der Waals surface area contributed by atoms with Gasteiger partial charge in [-0.25, -0.2) is 4.79 Å². The van der Waals surface area contributed by atoms with Crippen LogP contribution in [0.2, 0.25) is 0 Å². The van der Waals surface area contributed by atoms with Crippen LogP contribution in [0.1, 0.15) is 10.5 Å². The molecule has 100 valence electrons. The number of benzene rings is 1. The van der Waals surface area contributed by atoms with E-state index in [1.807, 2.05) is 42.5 Å². The van der Waals surface area contributed by atoms with Crippen LogP contribution >= 0.6 is 0 Å². The van der Waals surface area contributed by atoms with Crippen molar-refractivity contribution in [3.8, 4) is 11.5 Å². The molecule has 20 heavy (non-hydrogen) atoms. The Kier molecular flexibility index (Phi) is 3.13. The van der Waals surface area contributed by atoms with E-state index < -0.39 is 5.97 Å². The molecule has 0 fully saturated rings. The number of hydrogen-bond donors (Lipinski definition) is 0. The zero-order chi connectivity index (χ0) is 13.9. The predicted octanol–water partition coefficient (Wildman–Crippen LogP) is 3.17. The van der Waals surface area contributed by atoms with E-state index in [2.05, 4.69) is 0 Å². The molecule has 0 unspecified atom stereocenters. The van der Waals surface area contributed by atoms with Crippen molar-refractivity contribution in [2.75, 3.05) is 7.11 Å². The van der Waals surface area contributed by atoms with E-state index in [0.29, 0.717) is 17.2 Å². The summed E-state index contributed by atoms with van der Waals surface area (Å²) in [5, 5.41) is 0. The van der Waals surface area contributed by atoms with Crippen LogP contribution in [-0.4, -0.2) is 17.5 Å². The Bertz CT molecular complexity index is 747. The van der Waals surface area contributed by atoms with Crippen LogP contribution in [0.5, 0.6) is 11.5 Å². The minimum atomic E-state index is -0.445. The fourth-order valence-electron chi connectivity index (χ4n) is 2.10. The largest absolute Gasteiger partial charge is 0.494 e. The summed E-state index contributed by atoms with van der Waals surface area (Å²) in [4.78, 5) is 12.3. The molecule has 3 rings (SSSR count). The Morgan fingerprint density at radius 2 is 1.80 bits per heavy atom. The van der Waals surface area contributed by atoms with Crippen molar-refractivity contribution < 1.29 is 14.3 Å².